The summed E-state index contributed by atoms with van der Waals surface area (Å²) in [5.41, 5.74) is 0. The molecule has 1 rings (SSSR count). The highest BCUT2D eigenvalue weighted by Gasteiger charge is 2.20. The molecule has 0 spiro atoms. The van der Waals surface area contributed by atoms with Gasteiger partial charge in [0.15, 0.2) is 0 Å². The highest BCUT2D eigenvalue weighted by atomic mass is 15.2. The fourth-order valence-corrected chi connectivity index (χ4v) is 1.69. The van der Waals surface area contributed by atoms with Gasteiger partial charge in [0.1, 0.15) is 0 Å². The third-order valence-electron chi connectivity index (χ3n) is 2.35. The zero-order valence-corrected chi connectivity index (χ0v) is 8.24. The van der Waals surface area contributed by atoms with Crippen molar-refractivity contribution in [2.75, 3.05) is 13.1 Å². The lowest BCUT2D eigenvalue weighted by Crippen LogP contribution is -2.27. The molecule has 1 heterocycles. The molecule has 1 fully saturated rings. The van der Waals surface area contributed by atoms with Crippen LogP contribution in [0.4, 0.5) is 0 Å². The van der Waals surface area contributed by atoms with Gasteiger partial charge in [-0.25, -0.2) is 0 Å². The fraction of sp³-hybridized carbons (Fsp3) is 0.500. The molecular weight excluding hydrogens is 158 g/mol. The molecule has 0 bridgehead atoms. The van der Waals surface area contributed by atoms with Crippen molar-refractivity contribution in [2.24, 2.45) is 0 Å². The third-order valence-corrected chi connectivity index (χ3v) is 2.35. The number of hydrogen-bond acceptors (Lipinski definition) is 1. The molecule has 13 heavy (non-hydrogen) atoms. The minimum absolute atomic E-state index is 0.562. The van der Waals surface area contributed by atoms with Crippen molar-refractivity contribution in [3.63, 3.8) is 0 Å². The lowest BCUT2D eigenvalue weighted by molar-refractivity contribution is 0.327. The molecule has 0 aromatic carbocycles. The van der Waals surface area contributed by atoms with Crippen LogP contribution in [-0.2, 0) is 0 Å². The smallest absolute Gasteiger partial charge is 0.0603 e. The molecule has 1 aliphatic heterocycles. The summed E-state index contributed by atoms with van der Waals surface area (Å²) in [5, 5.41) is 0. The van der Waals surface area contributed by atoms with Gasteiger partial charge in [-0.3, -0.25) is 4.90 Å². The summed E-state index contributed by atoms with van der Waals surface area (Å²) in [6.45, 7) is 3.96. The quantitative estimate of drug-likeness (QED) is 0.469. The normalized spacial score (nSPS) is 24.5. The van der Waals surface area contributed by atoms with E-state index < -0.39 is 0 Å². The van der Waals surface area contributed by atoms with Gasteiger partial charge in [-0.05, 0) is 26.3 Å². The maximum Gasteiger partial charge on any atom is 0.0603 e. The molecule has 0 unspecified atom stereocenters. The first-order chi connectivity index (χ1) is 6.38. The van der Waals surface area contributed by atoms with Crippen LogP contribution in [0.5, 0.6) is 0 Å². The van der Waals surface area contributed by atoms with Gasteiger partial charge in [0.25, 0.3) is 0 Å². The monoisotopic (exact) mass is 175 g/mol. The minimum atomic E-state index is 0.562. The van der Waals surface area contributed by atoms with Crippen LogP contribution < -0.4 is 0 Å². The largest absolute Gasteiger partial charge is 0.286 e. The van der Waals surface area contributed by atoms with Crippen LogP contribution in [0.15, 0.2) is 24.3 Å². The van der Waals surface area contributed by atoms with Crippen molar-refractivity contribution >= 4 is 0 Å². The second kappa shape index (κ2) is 5.61. The number of terminal acetylenes is 1. The van der Waals surface area contributed by atoms with Gasteiger partial charge in [-0.2, -0.15) is 0 Å². The molecule has 0 N–H and O–H groups in total. The highest BCUT2D eigenvalue weighted by Crippen LogP contribution is 2.17. The first-order valence-corrected chi connectivity index (χ1v) is 4.85. The van der Waals surface area contributed by atoms with Crippen molar-refractivity contribution in [3.05, 3.63) is 24.3 Å². The molecule has 0 radical (unpaired) electrons. The Labute approximate surface area is 81.1 Å². The van der Waals surface area contributed by atoms with E-state index in [1.807, 2.05) is 13.0 Å². The Balaban J connectivity index is 2.44. The molecule has 1 heteroatoms. The van der Waals surface area contributed by atoms with E-state index in [9.17, 15) is 0 Å². The highest BCUT2D eigenvalue weighted by molar-refractivity contribution is 5.08. The maximum absolute atomic E-state index is 5.30. The number of allylic oxidation sites excluding steroid dienone is 3. The van der Waals surface area contributed by atoms with Gasteiger partial charge < -0.3 is 0 Å². The summed E-state index contributed by atoms with van der Waals surface area (Å²) in [5.74, 6) is 2.70. The lowest BCUT2D eigenvalue weighted by Gasteiger charge is -2.18. The summed E-state index contributed by atoms with van der Waals surface area (Å²) < 4.78 is 0. The molecule has 1 saturated heterocycles. The Morgan fingerprint density at radius 3 is 3.08 bits per heavy atom. The van der Waals surface area contributed by atoms with Crippen molar-refractivity contribution in [1.29, 1.82) is 0 Å². The van der Waals surface area contributed by atoms with E-state index in [1.165, 1.54) is 12.8 Å². The van der Waals surface area contributed by atoms with Crippen LogP contribution in [0.25, 0.3) is 0 Å². The van der Waals surface area contributed by atoms with E-state index in [1.54, 1.807) is 0 Å². The Kier molecular flexibility index (Phi) is 4.35. The van der Waals surface area contributed by atoms with Crippen LogP contribution in [0.2, 0.25) is 0 Å². The first-order valence-electron chi connectivity index (χ1n) is 4.85. The standard InChI is InChI=1S/C12H17N/c1-3-5-6-8-12-9-7-11-13(12)10-4-2/h2-3,5-6,8,12H,7,9-11H2,1H3/b5-3+,8-6+/t12-/m0/s1. The zero-order chi connectivity index (χ0) is 9.52. The molecule has 0 amide bonds. The van der Waals surface area contributed by atoms with Crippen molar-refractivity contribution in [1.82, 2.24) is 4.90 Å². The first kappa shape index (κ1) is 10.1. The van der Waals surface area contributed by atoms with Crippen LogP contribution in [0.3, 0.4) is 0 Å². The van der Waals surface area contributed by atoms with Crippen molar-refractivity contribution in [2.45, 2.75) is 25.8 Å². The predicted octanol–water partition coefficient (Wildman–Crippen LogP) is 2.22. The van der Waals surface area contributed by atoms with E-state index in [0.29, 0.717) is 6.04 Å². The molecule has 1 aliphatic rings. The van der Waals surface area contributed by atoms with Crippen LogP contribution in [-0.4, -0.2) is 24.0 Å². The van der Waals surface area contributed by atoms with E-state index in [4.69, 9.17) is 6.42 Å². The number of nitrogens with zero attached hydrogens (tertiary/aromatic N) is 1. The Morgan fingerprint density at radius 2 is 2.38 bits per heavy atom. The van der Waals surface area contributed by atoms with E-state index in [-0.39, 0.29) is 0 Å². The Hall–Kier alpha value is -1.00. The van der Waals surface area contributed by atoms with Gasteiger partial charge >= 0.3 is 0 Å². The van der Waals surface area contributed by atoms with E-state index >= 15 is 0 Å². The predicted molar refractivity (Wildman–Crippen MR) is 57.4 cm³/mol. The van der Waals surface area contributed by atoms with Gasteiger partial charge in [-0.1, -0.05) is 30.2 Å². The zero-order valence-electron chi connectivity index (χ0n) is 8.24. The van der Waals surface area contributed by atoms with Gasteiger partial charge in [-0.15, -0.1) is 6.42 Å². The average Bonchev–Trinajstić information content (AvgIpc) is 2.54. The second-order valence-electron chi connectivity index (χ2n) is 3.29. The Bertz CT molecular complexity index is 232. The van der Waals surface area contributed by atoms with Gasteiger partial charge in [0.05, 0.1) is 6.54 Å². The number of likely N-dealkylation sites (tertiary alicyclic amines) is 1. The number of hydrogen-bond donors (Lipinski definition) is 0. The molecular formula is C12H17N. The molecule has 0 aliphatic carbocycles. The summed E-state index contributed by atoms with van der Waals surface area (Å²) >= 11 is 0. The van der Waals surface area contributed by atoms with E-state index in [0.717, 1.165) is 13.1 Å². The molecule has 70 valence electrons. The van der Waals surface area contributed by atoms with Crippen LogP contribution in [0.1, 0.15) is 19.8 Å². The Morgan fingerprint density at radius 1 is 1.54 bits per heavy atom. The van der Waals surface area contributed by atoms with E-state index in [2.05, 4.69) is 29.0 Å². The summed E-state index contributed by atoms with van der Waals surface area (Å²) in [6.07, 6.45) is 16.3. The van der Waals surface area contributed by atoms with Crippen molar-refractivity contribution in [3.8, 4) is 12.3 Å². The maximum atomic E-state index is 5.30. The molecule has 0 aromatic rings. The minimum Gasteiger partial charge on any atom is -0.286 e. The topological polar surface area (TPSA) is 3.24 Å². The average molecular weight is 175 g/mol. The molecule has 0 aromatic heterocycles. The van der Waals surface area contributed by atoms with Gasteiger partial charge in [0, 0.05) is 6.04 Å². The van der Waals surface area contributed by atoms with Crippen molar-refractivity contribution < 1.29 is 0 Å². The fourth-order valence-electron chi connectivity index (χ4n) is 1.69. The van der Waals surface area contributed by atoms with Crippen LogP contribution in [0, 0.1) is 12.3 Å². The number of rotatable bonds is 3. The molecule has 0 saturated carbocycles. The summed E-state index contributed by atoms with van der Waals surface area (Å²) in [6, 6.07) is 0.562. The molecule has 1 nitrogen and oxygen atoms in total. The SMILES string of the molecule is C#CCN1CCC[C@@H]1/C=C/C=C/C. The summed E-state index contributed by atoms with van der Waals surface area (Å²) in [7, 11) is 0. The van der Waals surface area contributed by atoms with Crippen LogP contribution >= 0.6 is 0 Å². The molecule has 1 atom stereocenters. The summed E-state index contributed by atoms with van der Waals surface area (Å²) in [4.78, 5) is 2.35. The van der Waals surface area contributed by atoms with Gasteiger partial charge in [0.2, 0.25) is 0 Å². The second-order valence-corrected chi connectivity index (χ2v) is 3.29. The third kappa shape index (κ3) is 3.08. The lowest BCUT2D eigenvalue weighted by atomic mass is 10.2.